The first-order chi connectivity index (χ1) is 17.4. The number of ether oxygens (including phenoxy) is 1. The smallest absolute Gasteiger partial charge is 0.481 e. The van der Waals surface area contributed by atoms with Crippen molar-refractivity contribution in [1.82, 2.24) is 20.1 Å². The van der Waals surface area contributed by atoms with Gasteiger partial charge in [-0.15, -0.1) is 0 Å². The van der Waals surface area contributed by atoms with Crippen molar-refractivity contribution in [3.05, 3.63) is 23.9 Å². The van der Waals surface area contributed by atoms with Crippen molar-refractivity contribution in [2.75, 3.05) is 27.2 Å². The number of halogens is 6. The number of methoxy groups -OCH3 is 1. The van der Waals surface area contributed by atoms with Crippen LogP contribution in [0.2, 0.25) is 0 Å². The summed E-state index contributed by atoms with van der Waals surface area (Å²) in [5.41, 5.74) is 1.04. The SMILES string of the molecule is CNC(=O)[C@H]1C[C@@H]2CN(Cc3cccnc3OC)C[C@@H]2N1C(C)=O.O=C(O)C(F)(F)F.O=C(O)C(F)(F)F. The molecule has 2 fully saturated rings. The second-order valence-corrected chi connectivity index (χ2v) is 8.09. The molecular weight excluding hydrogens is 534 g/mol. The highest BCUT2D eigenvalue weighted by atomic mass is 19.4. The van der Waals surface area contributed by atoms with Crippen LogP contribution in [0.3, 0.4) is 0 Å². The normalized spacial score (nSPS) is 20.8. The average Bonchev–Trinajstić information content (AvgIpc) is 3.35. The molecule has 0 unspecified atom stereocenters. The quantitative estimate of drug-likeness (QED) is 0.466. The van der Waals surface area contributed by atoms with E-state index in [4.69, 9.17) is 24.5 Å². The molecule has 2 amide bonds. The highest BCUT2D eigenvalue weighted by Crippen LogP contribution is 2.36. The van der Waals surface area contributed by atoms with Crippen molar-refractivity contribution < 1.29 is 60.5 Å². The first kappa shape index (κ1) is 32.4. The van der Waals surface area contributed by atoms with E-state index >= 15 is 0 Å². The van der Waals surface area contributed by atoms with Crippen LogP contribution in [0, 0.1) is 5.92 Å². The number of alkyl halides is 6. The van der Waals surface area contributed by atoms with Gasteiger partial charge in [0, 0.05) is 51.4 Å². The standard InChI is InChI=1S/C17H24N4O3.2C2HF3O2/c1-11(22)21-14(16(23)18-2)7-13-9-20(10-15(13)21)8-12-5-4-6-19-17(12)24-3;2*3-2(4,5)1(6)7/h4-6,13-15H,7-10H2,1-3H3,(H,18,23);2*(H,6,7)/t13-,14-,15+;;/m1../s1. The predicted molar refractivity (Wildman–Crippen MR) is 116 cm³/mol. The summed E-state index contributed by atoms with van der Waals surface area (Å²) in [4.78, 5) is 50.3. The number of likely N-dealkylation sites (N-methyl/N-ethyl adjacent to an activating group) is 1. The van der Waals surface area contributed by atoms with Gasteiger partial charge in [0.1, 0.15) is 6.04 Å². The van der Waals surface area contributed by atoms with Crippen molar-refractivity contribution >= 4 is 23.8 Å². The van der Waals surface area contributed by atoms with E-state index in [1.807, 2.05) is 12.1 Å². The second-order valence-electron chi connectivity index (χ2n) is 8.09. The van der Waals surface area contributed by atoms with Crippen LogP contribution in [-0.2, 0) is 25.7 Å². The second kappa shape index (κ2) is 13.3. The molecule has 0 bridgehead atoms. The number of aromatic nitrogens is 1. The van der Waals surface area contributed by atoms with Gasteiger partial charge in [-0.25, -0.2) is 14.6 Å². The van der Waals surface area contributed by atoms with Crippen LogP contribution in [-0.4, -0.2) is 100 Å². The summed E-state index contributed by atoms with van der Waals surface area (Å²) in [5.74, 6) is -4.64. The van der Waals surface area contributed by atoms with E-state index in [0.717, 1.165) is 31.6 Å². The number of hydrogen-bond donors (Lipinski definition) is 3. The number of likely N-dealkylation sites (tertiary alicyclic amines) is 2. The lowest BCUT2D eigenvalue weighted by atomic mass is 10.0. The zero-order valence-corrected chi connectivity index (χ0v) is 20.3. The fourth-order valence-electron chi connectivity index (χ4n) is 4.07. The Hall–Kier alpha value is -3.63. The summed E-state index contributed by atoms with van der Waals surface area (Å²) in [6, 6.07) is 3.68. The summed E-state index contributed by atoms with van der Waals surface area (Å²) in [6.45, 7) is 3.93. The molecule has 0 radical (unpaired) electrons. The molecule has 214 valence electrons. The van der Waals surface area contributed by atoms with Crippen LogP contribution in [0.5, 0.6) is 5.88 Å². The molecule has 2 saturated heterocycles. The van der Waals surface area contributed by atoms with Gasteiger partial charge in [-0.05, 0) is 18.4 Å². The molecule has 3 N–H and O–H groups in total. The third-order valence-electron chi connectivity index (χ3n) is 5.54. The van der Waals surface area contributed by atoms with E-state index < -0.39 is 24.3 Å². The van der Waals surface area contributed by atoms with Crippen LogP contribution in [0.4, 0.5) is 26.3 Å². The van der Waals surface area contributed by atoms with Crippen molar-refractivity contribution in [3.8, 4) is 5.88 Å². The Labute approximate surface area is 212 Å². The molecule has 1 aromatic rings. The number of carboxylic acid groups (broad SMARTS) is 2. The molecule has 0 aromatic carbocycles. The molecule has 0 saturated carbocycles. The molecule has 3 atom stereocenters. The fourth-order valence-corrected chi connectivity index (χ4v) is 4.07. The van der Waals surface area contributed by atoms with Crippen molar-refractivity contribution in [2.24, 2.45) is 5.92 Å². The number of carboxylic acids is 2. The van der Waals surface area contributed by atoms with Crippen molar-refractivity contribution in [2.45, 2.75) is 44.3 Å². The van der Waals surface area contributed by atoms with Crippen LogP contribution >= 0.6 is 0 Å². The van der Waals surface area contributed by atoms with Gasteiger partial charge in [-0.2, -0.15) is 26.3 Å². The lowest BCUT2D eigenvalue weighted by molar-refractivity contribution is -0.193. The number of rotatable bonds is 4. The summed E-state index contributed by atoms with van der Waals surface area (Å²) < 4.78 is 68.8. The lowest BCUT2D eigenvalue weighted by Gasteiger charge is -2.29. The minimum absolute atomic E-state index is 0.0306. The molecule has 3 heterocycles. The third kappa shape index (κ3) is 9.04. The Balaban J connectivity index is 0.000000426. The number of aliphatic carboxylic acids is 2. The average molecular weight is 560 g/mol. The molecule has 0 spiro atoms. The molecule has 17 heteroatoms. The van der Waals surface area contributed by atoms with Crippen molar-refractivity contribution in [1.29, 1.82) is 0 Å². The summed E-state index contributed by atoms with van der Waals surface area (Å²) in [5, 5.41) is 16.9. The van der Waals surface area contributed by atoms with Crippen LogP contribution < -0.4 is 10.1 Å². The lowest BCUT2D eigenvalue weighted by Crippen LogP contribution is -2.49. The first-order valence-corrected chi connectivity index (χ1v) is 10.7. The van der Waals surface area contributed by atoms with Crippen LogP contribution in [0.15, 0.2) is 18.3 Å². The van der Waals surface area contributed by atoms with Gasteiger partial charge in [0.25, 0.3) is 0 Å². The number of pyridine rings is 1. The van der Waals surface area contributed by atoms with Crippen LogP contribution in [0.25, 0.3) is 0 Å². The third-order valence-corrected chi connectivity index (χ3v) is 5.54. The largest absolute Gasteiger partial charge is 0.490 e. The highest BCUT2D eigenvalue weighted by molar-refractivity contribution is 5.87. The van der Waals surface area contributed by atoms with E-state index in [2.05, 4.69) is 15.2 Å². The molecular formula is C21H26F6N4O7. The van der Waals surface area contributed by atoms with Gasteiger partial charge in [-0.3, -0.25) is 14.5 Å². The van der Waals surface area contributed by atoms with E-state index in [0.29, 0.717) is 11.8 Å². The van der Waals surface area contributed by atoms with Gasteiger partial charge in [0.15, 0.2) is 0 Å². The maximum Gasteiger partial charge on any atom is 0.490 e. The number of amides is 2. The molecule has 11 nitrogen and oxygen atoms in total. The van der Waals surface area contributed by atoms with Gasteiger partial charge < -0.3 is 25.2 Å². The Morgan fingerprint density at radius 3 is 2.03 bits per heavy atom. The number of fused-ring (bicyclic) bond motifs is 1. The van der Waals surface area contributed by atoms with E-state index in [1.165, 1.54) is 0 Å². The summed E-state index contributed by atoms with van der Waals surface area (Å²) >= 11 is 0. The molecule has 3 rings (SSSR count). The van der Waals surface area contributed by atoms with Gasteiger partial charge in [0.2, 0.25) is 17.7 Å². The molecule has 2 aliphatic heterocycles. The number of carbonyl (C=O) groups excluding carboxylic acids is 2. The Morgan fingerprint density at radius 1 is 1.08 bits per heavy atom. The Bertz CT molecular complexity index is 981. The summed E-state index contributed by atoms with van der Waals surface area (Å²) in [7, 11) is 3.24. The highest BCUT2D eigenvalue weighted by Gasteiger charge is 2.49. The summed E-state index contributed by atoms with van der Waals surface area (Å²) in [6.07, 6.45) is -7.73. The van der Waals surface area contributed by atoms with Gasteiger partial charge in [0.05, 0.1) is 7.11 Å². The maximum atomic E-state index is 12.1. The van der Waals surface area contributed by atoms with Gasteiger partial charge >= 0.3 is 24.3 Å². The number of hydrogen-bond acceptors (Lipinski definition) is 7. The topological polar surface area (TPSA) is 149 Å². The molecule has 2 aliphatic rings. The Morgan fingerprint density at radius 2 is 1.61 bits per heavy atom. The molecule has 1 aromatic heterocycles. The number of nitrogens with one attached hydrogen (secondary N) is 1. The van der Waals surface area contributed by atoms with Crippen molar-refractivity contribution in [3.63, 3.8) is 0 Å². The minimum Gasteiger partial charge on any atom is -0.481 e. The first-order valence-electron chi connectivity index (χ1n) is 10.7. The van der Waals surface area contributed by atoms with E-state index in [9.17, 15) is 35.9 Å². The Kier molecular flexibility index (Phi) is 11.3. The maximum absolute atomic E-state index is 12.1. The zero-order valence-electron chi connectivity index (χ0n) is 20.3. The fraction of sp³-hybridized carbons (Fsp3) is 0.571. The number of carbonyl (C=O) groups is 4. The minimum atomic E-state index is -5.08. The van der Waals surface area contributed by atoms with Crippen LogP contribution in [0.1, 0.15) is 18.9 Å². The molecule has 0 aliphatic carbocycles. The van der Waals surface area contributed by atoms with E-state index in [-0.39, 0.29) is 23.9 Å². The predicted octanol–water partition coefficient (Wildman–Crippen LogP) is 1.52. The monoisotopic (exact) mass is 560 g/mol. The number of nitrogens with zero attached hydrogens (tertiary/aromatic N) is 3. The zero-order chi connectivity index (χ0) is 29.4. The van der Waals surface area contributed by atoms with E-state index in [1.54, 1.807) is 32.2 Å². The molecule has 38 heavy (non-hydrogen) atoms. The van der Waals surface area contributed by atoms with Gasteiger partial charge in [-0.1, -0.05) is 6.07 Å².